The molecule has 1 aliphatic carbocycles. The van der Waals surface area contributed by atoms with Crippen LogP contribution in [0.2, 0.25) is 5.02 Å². The van der Waals surface area contributed by atoms with Crippen LogP contribution in [-0.4, -0.2) is 11.7 Å². The SMILES string of the molecule is CC1CCCC(CN)(C(O)c2cc(Br)ccc2Cl)C1. The monoisotopic (exact) mass is 345 g/mol. The van der Waals surface area contributed by atoms with Crippen LogP contribution in [0.4, 0.5) is 0 Å². The Balaban J connectivity index is 2.34. The van der Waals surface area contributed by atoms with Crippen LogP contribution in [0, 0.1) is 11.3 Å². The van der Waals surface area contributed by atoms with Crippen molar-refractivity contribution in [2.45, 2.75) is 38.7 Å². The van der Waals surface area contributed by atoms with Crippen LogP contribution in [0.15, 0.2) is 22.7 Å². The summed E-state index contributed by atoms with van der Waals surface area (Å²) in [5.41, 5.74) is 6.57. The van der Waals surface area contributed by atoms with E-state index in [4.69, 9.17) is 17.3 Å². The average molecular weight is 347 g/mol. The summed E-state index contributed by atoms with van der Waals surface area (Å²) in [6, 6.07) is 5.61. The fourth-order valence-corrected chi connectivity index (χ4v) is 3.90. The molecule has 0 aromatic heterocycles. The van der Waals surface area contributed by atoms with Crippen LogP contribution in [0.1, 0.15) is 44.3 Å². The molecule has 0 heterocycles. The topological polar surface area (TPSA) is 46.2 Å². The Labute approximate surface area is 128 Å². The highest BCUT2D eigenvalue weighted by Gasteiger charge is 2.41. The van der Waals surface area contributed by atoms with Gasteiger partial charge in [0.05, 0.1) is 6.10 Å². The maximum atomic E-state index is 10.8. The molecule has 2 rings (SSSR count). The van der Waals surface area contributed by atoms with E-state index in [-0.39, 0.29) is 5.41 Å². The first-order valence-electron chi connectivity index (χ1n) is 6.81. The van der Waals surface area contributed by atoms with Gasteiger partial charge in [0.2, 0.25) is 0 Å². The van der Waals surface area contributed by atoms with E-state index in [9.17, 15) is 5.11 Å². The summed E-state index contributed by atoms with van der Waals surface area (Å²) in [5, 5.41) is 11.4. The lowest BCUT2D eigenvalue weighted by atomic mass is 9.65. The van der Waals surface area contributed by atoms with Gasteiger partial charge >= 0.3 is 0 Å². The van der Waals surface area contributed by atoms with Crippen molar-refractivity contribution in [1.29, 1.82) is 0 Å². The number of benzene rings is 1. The van der Waals surface area contributed by atoms with Crippen LogP contribution >= 0.6 is 27.5 Å². The molecular weight excluding hydrogens is 326 g/mol. The number of halogens is 2. The highest BCUT2D eigenvalue weighted by Crippen LogP contribution is 2.48. The number of aliphatic hydroxyl groups excluding tert-OH is 1. The van der Waals surface area contributed by atoms with E-state index in [2.05, 4.69) is 22.9 Å². The molecule has 3 unspecified atom stereocenters. The third kappa shape index (κ3) is 3.15. The van der Waals surface area contributed by atoms with Crippen molar-refractivity contribution in [1.82, 2.24) is 0 Å². The van der Waals surface area contributed by atoms with Gasteiger partial charge in [0.25, 0.3) is 0 Å². The average Bonchev–Trinajstić information content (AvgIpc) is 2.40. The van der Waals surface area contributed by atoms with Gasteiger partial charge in [-0.15, -0.1) is 0 Å². The molecule has 1 fully saturated rings. The van der Waals surface area contributed by atoms with Gasteiger partial charge in [-0.3, -0.25) is 0 Å². The molecule has 1 aromatic rings. The number of hydrogen-bond donors (Lipinski definition) is 2. The van der Waals surface area contributed by atoms with E-state index in [1.54, 1.807) is 0 Å². The van der Waals surface area contributed by atoms with Crippen molar-refractivity contribution in [2.75, 3.05) is 6.54 Å². The molecule has 4 heteroatoms. The van der Waals surface area contributed by atoms with Crippen LogP contribution in [0.25, 0.3) is 0 Å². The Bertz CT molecular complexity index is 454. The smallest absolute Gasteiger partial charge is 0.0873 e. The lowest BCUT2D eigenvalue weighted by Gasteiger charge is -2.43. The van der Waals surface area contributed by atoms with Crippen molar-refractivity contribution < 1.29 is 5.11 Å². The molecule has 19 heavy (non-hydrogen) atoms. The van der Waals surface area contributed by atoms with E-state index in [0.29, 0.717) is 17.5 Å². The number of hydrogen-bond acceptors (Lipinski definition) is 2. The van der Waals surface area contributed by atoms with Crippen molar-refractivity contribution in [2.24, 2.45) is 17.1 Å². The zero-order valence-electron chi connectivity index (χ0n) is 11.2. The van der Waals surface area contributed by atoms with Crippen LogP contribution in [0.5, 0.6) is 0 Å². The van der Waals surface area contributed by atoms with Crippen LogP contribution < -0.4 is 5.73 Å². The first-order valence-corrected chi connectivity index (χ1v) is 7.99. The second kappa shape index (κ2) is 6.13. The molecule has 0 saturated heterocycles. The lowest BCUT2D eigenvalue weighted by molar-refractivity contribution is -0.0130. The second-order valence-corrected chi connectivity index (χ2v) is 7.16. The van der Waals surface area contributed by atoms with Gasteiger partial charge in [-0.25, -0.2) is 0 Å². The normalized spacial score (nSPS) is 29.2. The highest BCUT2D eigenvalue weighted by atomic mass is 79.9. The molecule has 0 aliphatic heterocycles. The van der Waals surface area contributed by atoms with Gasteiger partial charge in [-0.05, 0) is 37.0 Å². The third-order valence-corrected chi connectivity index (χ3v) is 5.20. The predicted octanol–water partition coefficient (Wildman–Crippen LogP) is 4.29. The third-order valence-electron chi connectivity index (χ3n) is 4.37. The maximum Gasteiger partial charge on any atom is 0.0873 e. The molecule has 2 nitrogen and oxygen atoms in total. The molecule has 1 aromatic carbocycles. The standard InChI is InChI=1S/C15H21BrClNO/c1-10-3-2-6-15(8-10,9-18)14(19)12-7-11(16)4-5-13(12)17/h4-5,7,10,14,19H,2-3,6,8-9,18H2,1H3. The number of nitrogens with two attached hydrogens (primary N) is 1. The van der Waals surface area contributed by atoms with Crippen molar-refractivity contribution >= 4 is 27.5 Å². The lowest BCUT2D eigenvalue weighted by Crippen LogP contribution is -2.40. The summed E-state index contributed by atoms with van der Waals surface area (Å²) < 4.78 is 0.932. The zero-order chi connectivity index (χ0) is 14.0. The zero-order valence-corrected chi connectivity index (χ0v) is 13.5. The summed E-state index contributed by atoms with van der Waals surface area (Å²) in [7, 11) is 0. The van der Waals surface area contributed by atoms with Crippen LogP contribution in [0.3, 0.4) is 0 Å². The molecule has 0 spiro atoms. The molecule has 0 bridgehead atoms. The second-order valence-electron chi connectivity index (χ2n) is 5.84. The Morgan fingerprint density at radius 2 is 2.32 bits per heavy atom. The summed E-state index contributed by atoms with van der Waals surface area (Å²) in [4.78, 5) is 0. The summed E-state index contributed by atoms with van der Waals surface area (Å²) >= 11 is 9.68. The molecule has 1 aliphatic rings. The molecular formula is C15H21BrClNO. The first kappa shape index (κ1) is 15.3. The van der Waals surface area contributed by atoms with E-state index >= 15 is 0 Å². The predicted molar refractivity (Wildman–Crippen MR) is 83.2 cm³/mol. The van der Waals surface area contributed by atoms with E-state index in [1.165, 1.54) is 6.42 Å². The van der Waals surface area contributed by atoms with Crippen molar-refractivity contribution in [3.63, 3.8) is 0 Å². The largest absolute Gasteiger partial charge is 0.388 e. The minimum absolute atomic E-state index is 0.234. The number of aliphatic hydroxyl groups is 1. The molecule has 106 valence electrons. The van der Waals surface area contributed by atoms with Gasteiger partial charge in [-0.2, -0.15) is 0 Å². The van der Waals surface area contributed by atoms with E-state index in [0.717, 1.165) is 29.3 Å². The fourth-order valence-electron chi connectivity index (χ4n) is 3.30. The van der Waals surface area contributed by atoms with Crippen LogP contribution in [-0.2, 0) is 0 Å². The summed E-state index contributed by atoms with van der Waals surface area (Å²) in [6.45, 7) is 2.74. The number of rotatable bonds is 3. The van der Waals surface area contributed by atoms with Gasteiger partial charge in [-0.1, -0.05) is 47.3 Å². The molecule has 0 amide bonds. The molecule has 0 radical (unpaired) electrons. The van der Waals surface area contributed by atoms with Gasteiger partial charge in [0, 0.05) is 27.0 Å². The van der Waals surface area contributed by atoms with Gasteiger partial charge < -0.3 is 10.8 Å². The minimum atomic E-state index is -0.592. The molecule has 3 N–H and O–H groups in total. The summed E-state index contributed by atoms with van der Waals surface area (Å²) in [5.74, 6) is 0.609. The van der Waals surface area contributed by atoms with Crippen molar-refractivity contribution in [3.05, 3.63) is 33.3 Å². The fraction of sp³-hybridized carbons (Fsp3) is 0.600. The van der Waals surface area contributed by atoms with Gasteiger partial charge in [0.15, 0.2) is 0 Å². The highest BCUT2D eigenvalue weighted by molar-refractivity contribution is 9.10. The Morgan fingerprint density at radius 3 is 2.95 bits per heavy atom. The molecule has 3 atom stereocenters. The Kier molecular flexibility index (Phi) is 4.93. The summed E-state index contributed by atoms with van der Waals surface area (Å²) in [6.07, 6.45) is 3.69. The maximum absolute atomic E-state index is 10.8. The quantitative estimate of drug-likeness (QED) is 0.857. The van der Waals surface area contributed by atoms with E-state index < -0.39 is 6.10 Å². The minimum Gasteiger partial charge on any atom is -0.388 e. The van der Waals surface area contributed by atoms with Crippen molar-refractivity contribution in [3.8, 4) is 0 Å². The molecule has 1 saturated carbocycles. The first-order chi connectivity index (χ1) is 8.98. The van der Waals surface area contributed by atoms with Gasteiger partial charge in [0.1, 0.15) is 0 Å². The Hall–Kier alpha value is -0.0900. The Morgan fingerprint density at radius 1 is 1.58 bits per heavy atom. The van der Waals surface area contributed by atoms with E-state index in [1.807, 2.05) is 18.2 Å².